The maximum atomic E-state index is 11.2. The summed E-state index contributed by atoms with van der Waals surface area (Å²) in [6, 6.07) is 98.7. The first-order valence-corrected chi connectivity index (χ1v) is 30.1. The molecule has 0 bridgehead atoms. The first-order valence-electron chi connectivity index (χ1n) is 30.1. The smallest absolute Gasteiger partial charge is 0.0992 e. The summed E-state index contributed by atoms with van der Waals surface area (Å²) in [7, 11) is 0. The Labute approximate surface area is 510 Å². The third-order valence-electron chi connectivity index (χ3n) is 18.4. The highest BCUT2D eigenvalue weighted by molar-refractivity contribution is 6.27. The predicted molar refractivity (Wildman–Crippen MR) is 366 cm³/mol. The Kier molecular flexibility index (Phi) is 10.8. The molecule has 89 heavy (non-hydrogen) atoms. The minimum absolute atomic E-state index is 0.381. The van der Waals surface area contributed by atoms with Gasteiger partial charge in [0.25, 0.3) is 0 Å². The maximum Gasteiger partial charge on any atom is 0.0992 e. The summed E-state index contributed by atoms with van der Waals surface area (Å²) >= 11 is 0. The van der Waals surface area contributed by atoms with Gasteiger partial charge in [0.2, 0.25) is 0 Å². The van der Waals surface area contributed by atoms with E-state index in [0.717, 1.165) is 171 Å². The SMILES string of the molecule is Cc1cc(C)cc(-c2c(-c3cc(C#N)cc(C#N)c3)c(-n3c4ccccc4c4ccccc43)c(-n3c4ccccc4c4ccccc43)c(-n3c4ccccc4c4ccc5c(c6ncccc6n5-c5ccccc5)c43)c2-n2c3ccccc3c3ccccc32)c1. The Bertz CT molecular complexity index is 5950. The molecule has 0 unspecified atom stereocenters. The number of para-hydroxylation sites is 8. The van der Waals surface area contributed by atoms with Gasteiger partial charge < -0.3 is 22.8 Å². The van der Waals surface area contributed by atoms with Crippen molar-refractivity contribution < 1.29 is 0 Å². The van der Waals surface area contributed by atoms with Crippen LogP contribution in [0.15, 0.2) is 267 Å². The number of aryl methyl sites for hydroxylation is 2. The quantitative estimate of drug-likeness (QED) is 0.159. The van der Waals surface area contributed by atoms with Crippen LogP contribution in [0.5, 0.6) is 0 Å². The number of hydrogen-bond donors (Lipinski definition) is 0. The number of aromatic nitrogens is 6. The molecule has 0 saturated heterocycles. The van der Waals surface area contributed by atoms with E-state index in [0.29, 0.717) is 11.1 Å². The van der Waals surface area contributed by atoms with E-state index < -0.39 is 0 Å². The van der Waals surface area contributed by atoms with E-state index in [4.69, 9.17) is 4.98 Å². The van der Waals surface area contributed by atoms with Crippen molar-refractivity contribution in [3.63, 3.8) is 0 Å². The predicted octanol–water partition coefficient (Wildman–Crippen LogP) is 20.3. The second kappa shape index (κ2) is 19.1. The van der Waals surface area contributed by atoms with Crippen LogP contribution in [-0.4, -0.2) is 27.8 Å². The average Bonchev–Trinajstić information content (AvgIpc) is 1.61. The van der Waals surface area contributed by atoms with Crippen LogP contribution < -0.4 is 0 Å². The van der Waals surface area contributed by atoms with Crippen LogP contribution in [0, 0.1) is 36.5 Å². The van der Waals surface area contributed by atoms with Crippen molar-refractivity contribution in [2.45, 2.75) is 13.8 Å². The standard InChI is InChI=1S/C81H50N8/c1-49-41-50(2)43-53(42-49)73-74(54-45-51(47-82)44-52(46-54)48-83)78(86-64-30-13-6-23-56(64)57-24-7-14-31-65(57)86)80(88-68-34-17-10-27-60(68)61-28-11-18-35-69(61)88)81(79(73)87-66-32-15-8-25-58(66)59-26-9-16-33-67(59)87)89-70-36-19-12-29-62(70)63-38-39-71-75(77(63)89)76-72(37-20-40-84-76)85(71)55-21-4-3-5-22-55/h3-46H,1-2H3. The fraction of sp³-hybridized carbons (Fsp3) is 0.0247. The molecular formula is C81H50N8. The minimum Gasteiger partial charge on any atom is -0.308 e. The molecule has 6 heterocycles. The maximum absolute atomic E-state index is 11.2. The molecule has 0 fully saturated rings. The lowest BCUT2D eigenvalue weighted by Gasteiger charge is -2.31. The number of nitriles is 2. The van der Waals surface area contributed by atoms with E-state index in [9.17, 15) is 10.5 Å². The molecule has 12 aromatic carbocycles. The molecule has 0 radical (unpaired) electrons. The molecule has 0 saturated carbocycles. The normalized spacial score (nSPS) is 11.9. The molecule has 0 N–H and O–H groups in total. The first kappa shape index (κ1) is 50.1. The van der Waals surface area contributed by atoms with Gasteiger partial charge in [0.05, 0.1) is 112 Å². The second-order valence-electron chi connectivity index (χ2n) is 23.4. The highest BCUT2D eigenvalue weighted by atomic mass is 15.1. The van der Waals surface area contributed by atoms with Crippen LogP contribution >= 0.6 is 0 Å². The second-order valence-corrected chi connectivity index (χ2v) is 23.4. The minimum atomic E-state index is 0.381. The summed E-state index contributed by atoms with van der Waals surface area (Å²) in [5.41, 5.74) is 21.9. The third kappa shape index (κ3) is 7.11. The molecule has 0 atom stereocenters. The average molecular weight is 1140 g/mol. The van der Waals surface area contributed by atoms with Crippen molar-refractivity contribution in [2.75, 3.05) is 0 Å². The molecule has 6 aromatic heterocycles. The molecule has 0 aliphatic carbocycles. The van der Waals surface area contributed by atoms with Gasteiger partial charge in [-0.05, 0) is 116 Å². The molecule has 18 rings (SSSR count). The summed E-state index contributed by atoms with van der Waals surface area (Å²) in [6.07, 6.45) is 1.92. The highest BCUT2D eigenvalue weighted by Gasteiger charge is 2.36. The van der Waals surface area contributed by atoms with Gasteiger partial charge in [-0.25, -0.2) is 0 Å². The van der Waals surface area contributed by atoms with Crippen molar-refractivity contribution >= 4 is 109 Å². The molecule has 0 amide bonds. The number of pyridine rings is 1. The zero-order valence-corrected chi connectivity index (χ0v) is 48.5. The van der Waals surface area contributed by atoms with Crippen molar-refractivity contribution in [3.05, 3.63) is 289 Å². The van der Waals surface area contributed by atoms with Crippen LogP contribution in [0.4, 0.5) is 0 Å². The fourth-order valence-corrected chi connectivity index (χ4v) is 15.1. The fourth-order valence-electron chi connectivity index (χ4n) is 15.1. The monoisotopic (exact) mass is 1130 g/mol. The van der Waals surface area contributed by atoms with Crippen molar-refractivity contribution in [3.8, 4) is 62.8 Å². The lowest BCUT2D eigenvalue weighted by atomic mass is 9.86. The Morgan fingerprint density at radius 1 is 0.303 bits per heavy atom. The van der Waals surface area contributed by atoms with E-state index in [1.54, 1.807) is 6.07 Å². The molecule has 0 aliphatic heterocycles. The van der Waals surface area contributed by atoms with Gasteiger partial charge in [-0.1, -0.05) is 181 Å². The molecule has 0 spiro atoms. The summed E-state index contributed by atoms with van der Waals surface area (Å²) in [5, 5.41) is 32.2. The van der Waals surface area contributed by atoms with Gasteiger partial charge in [0.1, 0.15) is 0 Å². The molecule has 8 nitrogen and oxygen atoms in total. The van der Waals surface area contributed by atoms with Gasteiger partial charge in [0.15, 0.2) is 0 Å². The molecule has 414 valence electrons. The van der Waals surface area contributed by atoms with Crippen molar-refractivity contribution in [2.24, 2.45) is 0 Å². The Hall–Kier alpha value is -12.2. The van der Waals surface area contributed by atoms with Crippen LogP contribution in [0.2, 0.25) is 0 Å². The van der Waals surface area contributed by atoms with E-state index in [-0.39, 0.29) is 0 Å². The van der Waals surface area contributed by atoms with Crippen LogP contribution in [0.25, 0.3) is 160 Å². The topological polar surface area (TPSA) is 85.1 Å². The van der Waals surface area contributed by atoms with Gasteiger partial charge in [0, 0.05) is 66.1 Å². The van der Waals surface area contributed by atoms with E-state index in [1.807, 2.05) is 24.4 Å². The van der Waals surface area contributed by atoms with E-state index in [2.05, 4.69) is 285 Å². The summed E-state index contributed by atoms with van der Waals surface area (Å²) in [4.78, 5) is 5.42. The summed E-state index contributed by atoms with van der Waals surface area (Å²) in [5.74, 6) is 0. The number of fused-ring (bicyclic) bond motifs is 16. The molecule has 18 aromatic rings. The molecule has 0 aliphatic rings. The number of hydrogen-bond acceptors (Lipinski definition) is 3. The molecule has 8 heteroatoms. The largest absolute Gasteiger partial charge is 0.308 e. The number of rotatable bonds is 7. The van der Waals surface area contributed by atoms with Crippen LogP contribution in [0.3, 0.4) is 0 Å². The number of benzene rings is 12. The zero-order chi connectivity index (χ0) is 59.2. The molecular weight excluding hydrogens is 1080 g/mol. The number of nitrogens with zero attached hydrogens (tertiary/aromatic N) is 8. The summed E-state index contributed by atoms with van der Waals surface area (Å²) < 4.78 is 12.5. The third-order valence-corrected chi connectivity index (χ3v) is 18.4. The lowest BCUT2D eigenvalue weighted by molar-refractivity contribution is 1.03. The Morgan fingerprint density at radius 2 is 0.674 bits per heavy atom. The summed E-state index contributed by atoms with van der Waals surface area (Å²) in [6.45, 7) is 4.36. The van der Waals surface area contributed by atoms with Crippen molar-refractivity contribution in [1.82, 2.24) is 27.8 Å². The van der Waals surface area contributed by atoms with Gasteiger partial charge in [-0.15, -0.1) is 0 Å². The van der Waals surface area contributed by atoms with Crippen molar-refractivity contribution in [1.29, 1.82) is 10.5 Å². The van der Waals surface area contributed by atoms with Crippen LogP contribution in [0.1, 0.15) is 22.3 Å². The van der Waals surface area contributed by atoms with E-state index >= 15 is 0 Å². The first-order chi connectivity index (χ1) is 43.9. The van der Waals surface area contributed by atoms with Gasteiger partial charge in [-0.3, -0.25) is 4.98 Å². The van der Waals surface area contributed by atoms with E-state index in [1.165, 1.54) is 0 Å². The highest BCUT2D eigenvalue weighted by Crippen LogP contribution is 2.56. The Morgan fingerprint density at radius 3 is 1.12 bits per heavy atom. The van der Waals surface area contributed by atoms with Gasteiger partial charge in [-0.2, -0.15) is 10.5 Å². The lowest BCUT2D eigenvalue weighted by Crippen LogP contribution is -2.16. The Balaban J connectivity index is 1.25. The zero-order valence-electron chi connectivity index (χ0n) is 48.5. The van der Waals surface area contributed by atoms with Gasteiger partial charge >= 0.3 is 0 Å². The van der Waals surface area contributed by atoms with Crippen LogP contribution in [-0.2, 0) is 0 Å².